The van der Waals surface area contributed by atoms with E-state index >= 15 is 0 Å². The SMILES string of the molecule is Cc1cc(S(=O)(=O)N(CC(N)=O)CC(N)=O)ccc1N. The van der Waals surface area contributed by atoms with Crippen molar-refractivity contribution in [2.75, 3.05) is 18.8 Å². The Bertz CT molecular complexity index is 626. The number of nitrogens with zero attached hydrogens (tertiary/aromatic N) is 1. The smallest absolute Gasteiger partial charge is 0.244 e. The van der Waals surface area contributed by atoms with Crippen LogP contribution in [0.3, 0.4) is 0 Å². The van der Waals surface area contributed by atoms with Gasteiger partial charge in [-0.25, -0.2) is 8.42 Å². The number of carbonyl (C=O) groups excluding carboxylic acids is 2. The molecule has 0 heterocycles. The Morgan fingerprint density at radius 1 is 1.15 bits per heavy atom. The van der Waals surface area contributed by atoms with Gasteiger partial charge in [0.2, 0.25) is 21.8 Å². The zero-order valence-corrected chi connectivity index (χ0v) is 11.7. The fourth-order valence-electron chi connectivity index (χ4n) is 1.53. The largest absolute Gasteiger partial charge is 0.399 e. The Hall–Kier alpha value is -2.13. The number of benzene rings is 1. The highest BCUT2D eigenvalue weighted by Crippen LogP contribution is 2.20. The summed E-state index contributed by atoms with van der Waals surface area (Å²) in [4.78, 5) is 21.8. The highest BCUT2D eigenvalue weighted by molar-refractivity contribution is 7.89. The van der Waals surface area contributed by atoms with Crippen LogP contribution in [0.15, 0.2) is 23.1 Å². The fourth-order valence-corrected chi connectivity index (χ4v) is 2.99. The molecule has 1 aromatic carbocycles. The van der Waals surface area contributed by atoms with E-state index in [1.807, 2.05) is 0 Å². The van der Waals surface area contributed by atoms with Crippen molar-refractivity contribution >= 4 is 27.5 Å². The fraction of sp³-hybridized carbons (Fsp3) is 0.273. The van der Waals surface area contributed by atoms with Gasteiger partial charge in [-0.2, -0.15) is 4.31 Å². The lowest BCUT2D eigenvalue weighted by Gasteiger charge is -2.19. The first-order valence-electron chi connectivity index (χ1n) is 5.57. The van der Waals surface area contributed by atoms with Crippen molar-refractivity contribution in [2.24, 2.45) is 11.5 Å². The van der Waals surface area contributed by atoms with E-state index in [1.165, 1.54) is 18.2 Å². The van der Waals surface area contributed by atoms with Gasteiger partial charge in [-0.05, 0) is 30.7 Å². The molecule has 0 atom stereocenters. The number of rotatable bonds is 6. The minimum Gasteiger partial charge on any atom is -0.399 e. The predicted octanol–water partition coefficient (Wildman–Crippen LogP) is -1.46. The summed E-state index contributed by atoms with van der Waals surface area (Å²) in [6.45, 7) is 0.379. The zero-order chi connectivity index (χ0) is 15.5. The van der Waals surface area contributed by atoms with Crippen LogP contribution in [-0.2, 0) is 19.6 Å². The maximum Gasteiger partial charge on any atom is 0.244 e. The van der Waals surface area contributed by atoms with E-state index in [0.717, 1.165) is 0 Å². The van der Waals surface area contributed by atoms with Crippen molar-refractivity contribution in [3.63, 3.8) is 0 Å². The normalized spacial score (nSPS) is 11.5. The first-order chi connectivity index (χ1) is 9.14. The minimum atomic E-state index is -4.05. The van der Waals surface area contributed by atoms with E-state index in [4.69, 9.17) is 17.2 Å². The van der Waals surface area contributed by atoms with E-state index in [-0.39, 0.29) is 4.90 Å². The number of hydrogen-bond donors (Lipinski definition) is 3. The molecule has 0 aliphatic heterocycles. The van der Waals surface area contributed by atoms with Crippen LogP contribution in [-0.4, -0.2) is 37.6 Å². The Kier molecular flexibility index (Phi) is 4.69. The molecule has 0 saturated heterocycles. The van der Waals surface area contributed by atoms with Gasteiger partial charge in [0.25, 0.3) is 0 Å². The van der Waals surface area contributed by atoms with Crippen LogP contribution in [0.1, 0.15) is 5.56 Å². The number of nitrogen functional groups attached to an aromatic ring is 1. The zero-order valence-electron chi connectivity index (χ0n) is 10.9. The Labute approximate surface area is 116 Å². The van der Waals surface area contributed by atoms with Gasteiger partial charge in [-0.15, -0.1) is 0 Å². The van der Waals surface area contributed by atoms with Crippen molar-refractivity contribution < 1.29 is 18.0 Å². The Morgan fingerprint density at radius 2 is 1.65 bits per heavy atom. The number of aryl methyl sites for hydroxylation is 1. The van der Waals surface area contributed by atoms with Crippen molar-refractivity contribution in [1.82, 2.24) is 4.31 Å². The second-order valence-electron chi connectivity index (χ2n) is 4.22. The summed E-state index contributed by atoms with van der Waals surface area (Å²) >= 11 is 0. The molecular weight excluding hydrogens is 284 g/mol. The van der Waals surface area contributed by atoms with E-state index < -0.39 is 34.9 Å². The van der Waals surface area contributed by atoms with Crippen molar-refractivity contribution in [3.05, 3.63) is 23.8 Å². The van der Waals surface area contributed by atoms with Gasteiger partial charge in [-0.3, -0.25) is 9.59 Å². The standard InChI is InChI=1S/C11H16N4O4S/c1-7-4-8(2-3-9(7)12)20(18,19)15(5-10(13)16)6-11(14)17/h2-4H,5-6,12H2,1H3,(H2,13,16)(H2,14,17). The number of carbonyl (C=O) groups is 2. The lowest BCUT2D eigenvalue weighted by atomic mass is 10.2. The molecule has 0 aliphatic carbocycles. The molecule has 0 saturated carbocycles. The first-order valence-corrected chi connectivity index (χ1v) is 7.01. The number of amides is 2. The second-order valence-corrected chi connectivity index (χ2v) is 6.16. The van der Waals surface area contributed by atoms with Crippen molar-refractivity contribution in [1.29, 1.82) is 0 Å². The summed E-state index contributed by atoms with van der Waals surface area (Å²) in [7, 11) is -4.05. The van der Waals surface area contributed by atoms with Crippen LogP contribution in [0.2, 0.25) is 0 Å². The quantitative estimate of drug-likeness (QED) is 0.549. The molecule has 0 unspecified atom stereocenters. The summed E-state index contributed by atoms with van der Waals surface area (Å²) in [5, 5.41) is 0. The van der Waals surface area contributed by atoms with Gasteiger partial charge in [0, 0.05) is 5.69 Å². The summed E-state index contributed by atoms with van der Waals surface area (Å²) in [5.74, 6) is -1.77. The van der Waals surface area contributed by atoms with Crippen LogP contribution in [0.4, 0.5) is 5.69 Å². The summed E-state index contributed by atoms with van der Waals surface area (Å²) in [5.41, 5.74) is 16.6. The van der Waals surface area contributed by atoms with Crippen LogP contribution >= 0.6 is 0 Å². The average molecular weight is 300 g/mol. The predicted molar refractivity (Wildman–Crippen MR) is 72.7 cm³/mol. The van der Waals surface area contributed by atoms with E-state index in [2.05, 4.69) is 0 Å². The van der Waals surface area contributed by atoms with Crippen LogP contribution < -0.4 is 17.2 Å². The summed E-state index contributed by atoms with van der Waals surface area (Å²) in [6.07, 6.45) is 0. The van der Waals surface area contributed by atoms with Gasteiger partial charge in [0.05, 0.1) is 18.0 Å². The summed E-state index contributed by atoms with van der Waals surface area (Å²) in [6, 6.07) is 4.06. The van der Waals surface area contributed by atoms with E-state index in [9.17, 15) is 18.0 Å². The monoisotopic (exact) mass is 300 g/mol. The van der Waals surface area contributed by atoms with Gasteiger partial charge < -0.3 is 17.2 Å². The molecule has 1 rings (SSSR count). The lowest BCUT2D eigenvalue weighted by Crippen LogP contribution is -2.43. The van der Waals surface area contributed by atoms with Crippen LogP contribution in [0.25, 0.3) is 0 Å². The van der Waals surface area contributed by atoms with E-state index in [1.54, 1.807) is 6.92 Å². The molecule has 110 valence electrons. The molecule has 0 fully saturated rings. The molecule has 6 N–H and O–H groups in total. The third kappa shape index (κ3) is 3.68. The average Bonchev–Trinajstić information content (AvgIpc) is 2.30. The molecule has 20 heavy (non-hydrogen) atoms. The van der Waals surface area contributed by atoms with Crippen molar-refractivity contribution in [3.8, 4) is 0 Å². The minimum absolute atomic E-state index is 0.0910. The third-order valence-corrected chi connectivity index (χ3v) is 4.33. The van der Waals surface area contributed by atoms with Gasteiger partial charge >= 0.3 is 0 Å². The number of primary amides is 2. The topological polar surface area (TPSA) is 150 Å². The number of hydrogen-bond acceptors (Lipinski definition) is 5. The Balaban J connectivity index is 3.24. The molecule has 0 aromatic heterocycles. The lowest BCUT2D eigenvalue weighted by molar-refractivity contribution is -0.120. The maximum absolute atomic E-state index is 12.3. The highest BCUT2D eigenvalue weighted by Gasteiger charge is 2.27. The third-order valence-electron chi connectivity index (χ3n) is 2.54. The Morgan fingerprint density at radius 3 is 2.05 bits per heavy atom. The van der Waals surface area contributed by atoms with Gasteiger partial charge in [-0.1, -0.05) is 0 Å². The van der Waals surface area contributed by atoms with Crippen molar-refractivity contribution in [2.45, 2.75) is 11.8 Å². The molecular formula is C11H16N4O4S. The highest BCUT2D eigenvalue weighted by atomic mass is 32.2. The molecule has 9 heteroatoms. The van der Waals surface area contributed by atoms with Gasteiger partial charge in [0.1, 0.15) is 0 Å². The summed E-state index contributed by atoms with van der Waals surface area (Å²) < 4.78 is 25.3. The molecule has 1 aromatic rings. The maximum atomic E-state index is 12.3. The molecule has 0 spiro atoms. The molecule has 8 nitrogen and oxygen atoms in total. The first kappa shape index (κ1) is 15.9. The number of sulfonamides is 1. The van der Waals surface area contributed by atoms with Gasteiger partial charge in [0.15, 0.2) is 0 Å². The second kappa shape index (κ2) is 5.88. The molecule has 0 bridgehead atoms. The molecule has 0 radical (unpaired) electrons. The number of nitrogens with two attached hydrogens (primary N) is 3. The number of anilines is 1. The van der Waals surface area contributed by atoms with E-state index in [0.29, 0.717) is 15.6 Å². The van der Waals surface area contributed by atoms with Crippen LogP contribution in [0, 0.1) is 6.92 Å². The molecule has 2 amide bonds. The van der Waals surface area contributed by atoms with Crippen LogP contribution in [0.5, 0.6) is 0 Å². The molecule has 0 aliphatic rings.